The molecule has 0 amide bonds. The fourth-order valence-electron chi connectivity index (χ4n) is 1.42. The van der Waals surface area contributed by atoms with Crippen LogP contribution >= 0.6 is 27.3 Å². The van der Waals surface area contributed by atoms with Crippen LogP contribution in [0.2, 0.25) is 0 Å². The Morgan fingerprint density at radius 1 is 1.50 bits per heavy atom. The van der Waals surface area contributed by atoms with Crippen LogP contribution in [0.5, 0.6) is 0 Å². The lowest BCUT2D eigenvalue weighted by molar-refractivity contribution is 0.560. The van der Waals surface area contributed by atoms with E-state index >= 15 is 0 Å². The second kappa shape index (κ2) is 5.08. The molecule has 0 radical (unpaired) electrons. The van der Waals surface area contributed by atoms with Crippen LogP contribution in [0.4, 0.5) is 0 Å². The van der Waals surface area contributed by atoms with Crippen molar-refractivity contribution in [1.82, 2.24) is 19.7 Å². The molecule has 1 N–H and O–H groups in total. The van der Waals surface area contributed by atoms with Crippen molar-refractivity contribution < 1.29 is 8.42 Å². The number of thiophene rings is 1. The SMILES string of the molecule is Cc1cscc1CNS(=O)(=O)c1c(Br)nnn1C. The fourth-order valence-corrected chi connectivity index (χ4v) is 4.37. The first-order valence-electron chi connectivity index (χ1n) is 4.98. The summed E-state index contributed by atoms with van der Waals surface area (Å²) in [7, 11) is -2.10. The molecule has 0 fully saturated rings. The molecule has 2 aromatic rings. The van der Waals surface area contributed by atoms with Crippen LogP contribution in [-0.4, -0.2) is 23.4 Å². The average molecular weight is 351 g/mol. The fraction of sp³-hybridized carbons (Fsp3) is 0.333. The number of halogens is 1. The van der Waals surface area contributed by atoms with Gasteiger partial charge in [0.1, 0.15) is 0 Å². The summed E-state index contributed by atoms with van der Waals surface area (Å²) in [6.45, 7) is 2.21. The molecular weight excluding hydrogens is 340 g/mol. The molecular formula is C9H11BrN4O2S2. The first-order chi connectivity index (χ1) is 8.42. The van der Waals surface area contributed by atoms with Crippen molar-refractivity contribution in [3.05, 3.63) is 26.5 Å². The van der Waals surface area contributed by atoms with Gasteiger partial charge in [0, 0.05) is 13.6 Å². The molecule has 0 spiro atoms. The van der Waals surface area contributed by atoms with Gasteiger partial charge >= 0.3 is 0 Å². The molecule has 2 aromatic heterocycles. The summed E-state index contributed by atoms with van der Waals surface area (Å²) < 4.78 is 28.2. The number of nitrogens with one attached hydrogen (secondary N) is 1. The number of aromatic nitrogens is 3. The van der Waals surface area contributed by atoms with Gasteiger partial charge < -0.3 is 0 Å². The van der Waals surface area contributed by atoms with Gasteiger partial charge in [-0.15, -0.1) is 5.10 Å². The first-order valence-corrected chi connectivity index (χ1v) is 8.20. The van der Waals surface area contributed by atoms with E-state index in [2.05, 4.69) is 31.0 Å². The minimum atomic E-state index is -3.63. The monoisotopic (exact) mass is 350 g/mol. The Morgan fingerprint density at radius 2 is 2.22 bits per heavy atom. The van der Waals surface area contributed by atoms with Gasteiger partial charge in [0.05, 0.1) is 0 Å². The van der Waals surface area contributed by atoms with Crippen LogP contribution in [-0.2, 0) is 23.6 Å². The van der Waals surface area contributed by atoms with Crippen LogP contribution in [0.25, 0.3) is 0 Å². The van der Waals surface area contributed by atoms with Gasteiger partial charge in [0.15, 0.2) is 4.60 Å². The normalized spacial score (nSPS) is 11.9. The predicted molar refractivity (Wildman–Crippen MR) is 71.8 cm³/mol. The van der Waals surface area contributed by atoms with Gasteiger partial charge in [-0.1, -0.05) is 5.21 Å². The minimum absolute atomic E-state index is 0.0235. The molecule has 0 aliphatic rings. The van der Waals surface area contributed by atoms with E-state index < -0.39 is 10.0 Å². The summed E-state index contributed by atoms with van der Waals surface area (Å²) >= 11 is 4.62. The van der Waals surface area contributed by atoms with E-state index in [0.717, 1.165) is 11.1 Å². The standard InChI is InChI=1S/C9H11BrN4O2S2/c1-6-4-17-5-7(6)3-11-18(15,16)9-8(10)12-13-14(9)2/h4-5,11H,3H2,1-2H3. The summed E-state index contributed by atoms with van der Waals surface area (Å²) in [5, 5.41) is 11.2. The third kappa shape index (κ3) is 2.63. The zero-order valence-electron chi connectivity index (χ0n) is 9.71. The molecule has 98 valence electrons. The molecule has 0 saturated heterocycles. The largest absolute Gasteiger partial charge is 0.260 e. The van der Waals surface area contributed by atoms with Crippen LogP contribution in [0, 0.1) is 6.92 Å². The molecule has 0 aliphatic carbocycles. The predicted octanol–water partition coefficient (Wildman–Crippen LogP) is 1.43. The van der Waals surface area contributed by atoms with Crippen molar-refractivity contribution in [2.45, 2.75) is 18.5 Å². The number of rotatable bonds is 4. The molecule has 6 nitrogen and oxygen atoms in total. The van der Waals surface area contributed by atoms with E-state index in [0.29, 0.717) is 0 Å². The first kappa shape index (κ1) is 13.7. The maximum Gasteiger partial charge on any atom is 0.260 e. The number of hydrogen-bond donors (Lipinski definition) is 1. The Labute approximate surface area is 117 Å². The highest BCUT2D eigenvalue weighted by atomic mass is 79.9. The van der Waals surface area contributed by atoms with Gasteiger partial charge in [-0.3, -0.25) is 0 Å². The lowest BCUT2D eigenvalue weighted by atomic mass is 10.2. The highest BCUT2D eigenvalue weighted by Gasteiger charge is 2.23. The lowest BCUT2D eigenvalue weighted by Gasteiger charge is -2.06. The third-order valence-corrected chi connectivity index (χ3v) is 5.60. The quantitative estimate of drug-likeness (QED) is 0.904. The van der Waals surface area contributed by atoms with E-state index in [4.69, 9.17) is 0 Å². The number of aryl methyl sites for hydroxylation is 2. The smallest absolute Gasteiger partial charge is 0.235 e. The van der Waals surface area contributed by atoms with Crippen molar-refractivity contribution in [2.75, 3.05) is 0 Å². The van der Waals surface area contributed by atoms with Crippen LogP contribution in [0.15, 0.2) is 20.4 Å². The van der Waals surface area contributed by atoms with E-state index in [9.17, 15) is 8.42 Å². The molecule has 0 aromatic carbocycles. The summed E-state index contributed by atoms with van der Waals surface area (Å²) in [5.74, 6) is 0. The topological polar surface area (TPSA) is 76.9 Å². The molecule has 0 saturated carbocycles. The van der Waals surface area contributed by atoms with Gasteiger partial charge in [0.25, 0.3) is 10.0 Å². The summed E-state index contributed by atoms with van der Waals surface area (Å²) in [6, 6.07) is 0. The average Bonchev–Trinajstić information content (AvgIpc) is 2.83. The van der Waals surface area contributed by atoms with Crippen molar-refractivity contribution in [1.29, 1.82) is 0 Å². The second-order valence-electron chi connectivity index (χ2n) is 3.71. The van der Waals surface area contributed by atoms with E-state index in [1.165, 1.54) is 11.7 Å². The number of hydrogen-bond acceptors (Lipinski definition) is 5. The maximum absolute atomic E-state index is 12.1. The zero-order valence-corrected chi connectivity index (χ0v) is 12.9. The molecule has 2 heterocycles. The van der Waals surface area contributed by atoms with Crippen molar-refractivity contribution in [3.8, 4) is 0 Å². The second-order valence-corrected chi connectivity index (χ2v) is 6.89. The highest BCUT2D eigenvalue weighted by Crippen LogP contribution is 2.19. The maximum atomic E-state index is 12.1. The molecule has 0 bridgehead atoms. The van der Waals surface area contributed by atoms with Crippen LogP contribution in [0.3, 0.4) is 0 Å². The van der Waals surface area contributed by atoms with Crippen molar-refractivity contribution >= 4 is 37.3 Å². The Balaban J connectivity index is 2.21. The van der Waals surface area contributed by atoms with E-state index in [-0.39, 0.29) is 16.2 Å². The summed E-state index contributed by atoms with van der Waals surface area (Å²) in [5.41, 5.74) is 2.04. The zero-order chi connectivity index (χ0) is 13.3. The Hall–Kier alpha value is -0.770. The number of nitrogens with zero attached hydrogens (tertiary/aromatic N) is 3. The van der Waals surface area contributed by atoms with Gasteiger partial charge in [0.2, 0.25) is 5.03 Å². The Kier molecular flexibility index (Phi) is 3.85. The van der Waals surface area contributed by atoms with E-state index in [1.54, 1.807) is 11.3 Å². The minimum Gasteiger partial charge on any atom is -0.235 e. The summed E-state index contributed by atoms with van der Waals surface area (Å²) in [6.07, 6.45) is 0. The van der Waals surface area contributed by atoms with Crippen LogP contribution < -0.4 is 4.72 Å². The summed E-state index contributed by atoms with van der Waals surface area (Å²) in [4.78, 5) is 0. The van der Waals surface area contributed by atoms with Gasteiger partial charge in [-0.05, 0) is 44.7 Å². The molecule has 18 heavy (non-hydrogen) atoms. The third-order valence-electron chi connectivity index (χ3n) is 2.41. The highest BCUT2D eigenvalue weighted by molar-refractivity contribution is 9.10. The van der Waals surface area contributed by atoms with Crippen LogP contribution in [0.1, 0.15) is 11.1 Å². The lowest BCUT2D eigenvalue weighted by Crippen LogP contribution is -2.25. The molecule has 0 atom stereocenters. The van der Waals surface area contributed by atoms with Crippen molar-refractivity contribution in [2.24, 2.45) is 7.05 Å². The van der Waals surface area contributed by atoms with E-state index in [1.807, 2.05) is 17.7 Å². The Bertz CT molecular complexity index is 642. The molecule has 0 unspecified atom stereocenters. The van der Waals surface area contributed by atoms with Gasteiger partial charge in [-0.2, -0.15) is 11.3 Å². The number of sulfonamides is 1. The van der Waals surface area contributed by atoms with Gasteiger partial charge in [-0.25, -0.2) is 17.8 Å². The molecule has 0 aliphatic heterocycles. The molecule has 9 heteroatoms. The van der Waals surface area contributed by atoms with Crippen molar-refractivity contribution in [3.63, 3.8) is 0 Å². The molecule has 2 rings (SSSR count). The Morgan fingerprint density at radius 3 is 2.72 bits per heavy atom.